The quantitative estimate of drug-likeness (QED) is 0.788. The van der Waals surface area contributed by atoms with Gasteiger partial charge in [0.25, 0.3) is 0 Å². The second-order valence-corrected chi connectivity index (χ2v) is 8.61. The number of aryl methyl sites for hydroxylation is 1. The van der Waals surface area contributed by atoms with Gasteiger partial charge in [-0.15, -0.1) is 0 Å². The van der Waals surface area contributed by atoms with Gasteiger partial charge >= 0.3 is 0 Å². The van der Waals surface area contributed by atoms with Gasteiger partial charge in [-0.25, -0.2) is 0 Å². The number of anilines is 1. The van der Waals surface area contributed by atoms with Crippen LogP contribution in [0.3, 0.4) is 0 Å². The van der Waals surface area contributed by atoms with Crippen molar-refractivity contribution in [3.63, 3.8) is 0 Å². The fraction of sp³-hybridized carbons (Fsp3) is 0.650. The van der Waals surface area contributed by atoms with E-state index in [1.54, 1.807) is 0 Å². The first-order chi connectivity index (χ1) is 9.84. The summed E-state index contributed by atoms with van der Waals surface area (Å²) in [6, 6.07) is 4.53. The van der Waals surface area contributed by atoms with Crippen LogP contribution < -0.4 is 4.90 Å². The fourth-order valence-electron chi connectivity index (χ4n) is 2.78. The van der Waals surface area contributed by atoms with Gasteiger partial charge in [0, 0.05) is 31.6 Å². The van der Waals surface area contributed by atoms with E-state index < -0.39 is 0 Å². The summed E-state index contributed by atoms with van der Waals surface area (Å²) >= 11 is 0. The highest BCUT2D eigenvalue weighted by Gasteiger charge is 2.22. The van der Waals surface area contributed by atoms with Crippen molar-refractivity contribution in [1.82, 2.24) is 0 Å². The molecular weight excluding hydrogens is 270 g/mol. The van der Waals surface area contributed by atoms with Crippen LogP contribution in [0.25, 0.3) is 0 Å². The molecule has 22 heavy (non-hydrogen) atoms. The summed E-state index contributed by atoms with van der Waals surface area (Å²) in [6.45, 7) is 14.9. The molecule has 0 unspecified atom stereocenters. The first-order valence-corrected chi connectivity index (χ1v) is 8.18. The summed E-state index contributed by atoms with van der Waals surface area (Å²) in [6.07, 6.45) is 1.43. The molecule has 0 amide bonds. The Morgan fingerprint density at radius 3 is 2.00 bits per heavy atom. The lowest BCUT2D eigenvalue weighted by atomic mass is 9.81. The highest BCUT2D eigenvalue weighted by atomic mass is 16.1. The van der Waals surface area contributed by atoms with Crippen molar-refractivity contribution in [3.8, 4) is 0 Å². The molecule has 0 atom stereocenters. The number of ketones is 1. The van der Waals surface area contributed by atoms with Crippen molar-refractivity contribution in [2.75, 3.05) is 19.0 Å². The van der Waals surface area contributed by atoms with Crippen LogP contribution >= 0.6 is 0 Å². The Labute approximate surface area is 136 Å². The Morgan fingerprint density at radius 2 is 1.59 bits per heavy atom. The Hall–Kier alpha value is -1.31. The molecule has 1 rings (SSSR count). The van der Waals surface area contributed by atoms with Gasteiger partial charge in [-0.1, -0.05) is 47.6 Å². The van der Waals surface area contributed by atoms with Crippen molar-refractivity contribution in [2.45, 2.75) is 66.7 Å². The molecule has 1 aromatic rings. The summed E-state index contributed by atoms with van der Waals surface area (Å²) < 4.78 is 0. The van der Waals surface area contributed by atoms with E-state index in [0.29, 0.717) is 12.2 Å². The number of carbonyl (C=O) groups excluding carboxylic acids is 1. The lowest BCUT2D eigenvalue weighted by Gasteiger charge is -2.27. The van der Waals surface area contributed by atoms with E-state index in [1.165, 1.54) is 22.4 Å². The predicted molar refractivity (Wildman–Crippen MR) is 97.0 cm³/mol. The summed E-state index contributed by atoms with van der Waals surface area (Å²) in [7, 11) is 4.16. The van der Waals surface area contributed by atoms with Crippen molar-refractivity contribution >= 4 is 11.5 Å². The van der Waals surface area contributed by atoms with Crippen LogP contribution in [0.1, 0.15) is 64.7 Å². The maximum atomic E-state index is 12.2. The highest BCUT2D eigenvalue weighted by Crippen LogP contribution is 2.33. The molecule has 124 valence electrons. The van der Waals surface area contributed by atoms with Crippen molar-refractivity contribution < 1.29 is 4.79 Å². The highest BCUT2D eigenvalue weighted by molar-refractivity contribution is 5.83. The van der Waals surface area contributed by atoms with E-state index in [1.807, 2.05) is 20.8 Å². The van der Waals surface area contributed by atoms with Crippen LogP contribution in [0.15, 0.2) is 12.1 Å². The lowest BCUT2D eigenvalue weighted by Crippen LogP contribution is -2.21. The third-order valence-electron chi connectivity index (χ3n) is 4.21. The van der Waals surface area contributed by atoms with Gasteiger partial charge in [-0.3, -0.25) is 4.79 Å². The Balaban J connectivity index is 3.16. The number of hydrogen-bond donors (Lipinski definition) is 0. The average molecular weight is 303 g/mol. The summed E-state index contributed by atoms with van der Waals surface area (Å²) in [4.78, 5) is 14.4. The molecule has 0 aliphatic rings. The summed E-state index contributed by atoms with van der Waals surface area (Å²) in [5, 5.41) is 0. The molecule has 0 heterocycles. The van der Waals surface area contributed by atoms with Gasteiger partial charge in [-0.05, 0) is 41.5 Å². The van der Waals surface area contributed by atoms with E-state index in [4.69, 9.17) is 0 Å². The molecule has 2 nitrogen and oxygen atoms in total. The van der Waals surface area contributed by atoms with E-state index in [2.05, 4.69) is 58.8 Å². The van der Waals surface area contributed by atoms with Gasteiger partial charge in [0.1, 0.15) is 5.78 Å². The van der Waals surface area contributed by atoms with Gasteiger partial charge < -0.3 is 4.90 Å². The van der Waals surface area contributed by atoms with Crippen LogP contribution in [0.2, 0.25) is 0 Å². The SMILES string of the molecule is Cc1c(N(C)C)cc(CCC(=O)C(C)(C)C)cc1C(C)(C)C. The molecule has 0 fully saturated rings. The van der Waals surface area contributed by atoms with E-state index in [0.717, 1.165) is 6.42 Å². The van der Waals surface area contributed by atoms with Crippen LogP contribution in [0.5, 0.6) is 0 Å². The second kappa shape index (κ2) is 6.44. The average Bonchev–Trinajstić information content (AvgIpc) is 2.34. The Kier molecular flexibility index (Phi) is 5.48. The van der Waals surface area contributed by atoms with Crippen molar-refractivity contribution in [3.05, 3.63) is 28.8 Å². The first kappa shape index (κ1) is 18.7. The number of nitrogens with zero attached hydrogens (tertiary/aromatic N) is 1. The third kappa shape index (κ3) is 4.59. The summed E-state index contributed by atoms with van der Waals surface area (Å²) in [5.74, 6) is 0.330. The molecule has 1 aromatic carbocycles. The van der Waals surface area contributed by atoms with Crippen LogP contribution in [0.4, 0.5) is 5.69 Å². The van der Waals surface area contributed by atoms with E-state index in [9.17, 15) is 4.79 Å². The minimum atomic E-state index is -0.248. The molecule has 2 heteroatoms. The standard InChI is InChI=1S/C20H33NO/c1-14-16(19(2,3)4)12-15(13-17(14)21(8)9)10-11-18(22)20(5,6)7/h12-13H,10-11H2,1-9H3. The van der Waals surface area contributed by atoms with E-state index >= 15 is 0 Å². The molecule has 0 aliphatic carbocycles. The maximum absolute atomic E-state index is 12.2. The van der Waals surface area contributed by atoms with Crippen LogP contribution in [-0.4, -0.2) is 19.9 Å². The monoisotopic (exact) mass is 303 g/mol. The zero-order valence-corrected chi connectivity index (χ0v) is 15.9. The number of rotatable bonds is 4. The van der Waals surface area contributed by atoms with Gasteiger partial charge in [0.15, 0.2) is 0 Å². The maximum Gasteiger partial charge on any atom is 0.138 e. The molecule has 0 saturated carbocycles. The molecule has 0 N–H and O–H groups in total. The molecule has 0 spiro atoms. The van der Waals surface area contributed by atoms with Crippen molar-refractivity contribution in [1.29, 1.82) is 0 Å². The molecule has 0 radical (unpaired) electrons. The molecule has 0 aliphatic heterocycles. The van der Waals surface area contributed by atoms with Crippen LogP contribution in [0, 0.1) is 12.3 Å². The topological polar surface area (TPSA) is 20.3 Å². The minimum Gasteiger partial charge on any atom is -0.377 e. The van der Waals surface area contributed by atoms with Crippen LogP contribution in [-0.2, 0) is 16.6 Å². The normalized spacial score (nSPS) is 12.4. The predicted octanol–water partition coefficient (Wildman–Crippen LogP) is 4.91. The van der Waals surface area contributed by atoms with Gasteiger partial charge in [-0.2, -0.15) is 0 Å². The molecular formula is C20H33NO. The second-order valence-electron chi connectivity index (χ2n) is 8.61. The largest absolute Gasteiger partial charge is 0.377 e. The minimum absolute atomic E-state index is 0.110. The smallest absolute Gasteiger partial charge is 0.138 e. The number of benzene rings is 1. The third-order valence-corrected chi connectivity index (χ3v) is 4.21. The molecule has 0 saturated heterocycles. The summed E-state index contributed by atoms with van der Waals surface area (Å²) in [5.41, 5.74) is 5.09. The van der Waals surface area contributed by atoms with Gasteiger partial charge in [0.2, 0.25) is 0 Å². The fourth-order valence-corrected chi connectivity index (χ4v) is 2.78. The molecule has 0 bridgehead atoms. The Bertz CT molecular complexity index is 542. The van der Waals surface area contributed by atoms with Crippen molar-refractivity contribution in [2.24, 2.45) is 5.41 Å². The Morgan fingerprint density at radius 1 is 1.05 bits per heavy atom. The number of Topliss-reactive ketones (excluding diaryl/α,β-unsaturated/α-hetero) is 1. The zero-order chi connectivity index (χ0) is 17.3. The molecule has 0 aromatic heterocycles. The first-order valence-electron chi connectivity index (χ1n) is 8.18. The van der Waals surface area contributed by atoms with Gasteiger partial charge in [0.05, 0.1) is 0 Å². The number of carbonyl (C=O) groups is 1. The lowest BCUT2D eigenvalue weighted by molar-refractivity contribution is -0.126. The zero-order valence-electron chi connectivity index (χ0n) is 15.9. The number of hydrogen-bond acceptors (Lipinski definition) is 2. The van der Waals surface area contributed by atoms with E-state index in [-0.39, 0.29) is 10.8 Å².